The molecule has 20 heavy (non-hydrogen) atoms. The van der Waals surface area contributed by atoms with Gasteiger partial charge in [-0.3, -0.25) is 14.3 Å². The number of benzene rings is 1. The van der Waals surface area contributed by atoms with Crippen molar-refractivity contribution < 1.29 is 0 Å². The molecule has 0 saturated heterocycles. The van der Waals surface area contributed by atoms with Gasteiger partial charge >= 0.3 is 5.69 Å². The summed E-state index contributed by atoms with van der Waals surface area (Å²) in [6.45, 7) is 0.433. The molecule has 1 aliphatic carbocycles. The van der Waals surface area contributed by atoms with E-state index in [-0.39, 0.29) is 10.7 Å². The Kier molecular flexibility index (Phi) is 3.44. The first-order valence-corrected chi connectivity index (χ1v) is 7.11. The van der Waals surface area contributed by atoms with Gasteiger partial charge < -0.3 is 0 Å². The first-order valence-electron chi connectivity index (χ1n) is 6.35. The number of aromatic amines is 1. The first-order chi connectivity index (χ1) is 9.58. The molecule has 1 saturated carbocycles. The standard InChI is InChI=1S/C14H12Cl2N2O2/c15-10-4-2-1-3-9(10)11-12(16)17-14(20)18(13(11)19)7-8-5-6-8/h1-4,8H,5-7H2,(H,17,20). The average Bonchev–Trinajstić information content (AvgIpc) is 3.20. The highest BCUT2D eigenvalue weighted by atomic mass is 35.5. The zero-order chi connectivity index (χ0) is 14.3. The zero-order valence-corrected chi connectivity index (χ0v) is 12.0. The van der Waals surface area contributed by atoms with Crippen molar-refractivity contribution in [3.63, 3.8) is 0 Å². The molecule has 1 fully saturated rings. The molecule has 2 aromatic rings. The molecule has 0 spiro atoms. The molecule has 1 N–H and O–H groups in total. The molecule has 0 amide bonds. The summed E-state index contributed by atoms with van der Waals surface area (Å²) in [5.74, 6) is 0.411. The fourth-order valence-corrected chi connectivity index (χ4v) is 2.66. The number of H-pyrrole nitrogens is 1. The fourth-order valence-electron chi connectivity index (χ4n) is 2.17. The molecule has 1 aromatic carbocycles. The number of aromatic nitrogens is 2. The van der Waals surface area contributed by atoms with E-state index in [2.05, 4.69) is 4.98 Å². The third-order valence-corrected chi connectivity index (χ3v) is 4.03. The van der Waals surface area contributed by atoms with Crippen molar-refractivity contribution >= 4 is 23.2 Å². The first kappa shape index (κ1) is 13.5. The molecule has 3 rings (SSSR count). The summed E-state index contributed by atoms with van der Waals surface area (Å²) in [5.41, 5.74) is -0.0797. The van der Waals surface area contributed by atoms with Crippen LogP contribution in [0.1, 0.15) is 12.8 Å². The molecule has 1 aliphatic rings. The summed E-state index contributed by atoms with van der Waals surface area (Å²) in [7, 11) is 0. The predicted octanol–water partition coefficient (Wildman–Crippen LogP) is 2.92. The van der Waals surface area contributed by atoms with Gasteiger partial charge in [0.25, 0.3) is 5.56 Å². The van der Waals surface area contributed by atoms with E-state index >= 15 is 0 Å². The van der Waals surface area contributed by atoms with Crippen LogP contribution in [-0.2, 0) is 6.54 Å². The Hall–Kier alpha value is -1.52. The van der Waals surface area contributed by atoms with Crippen molar-refractivity contribution in [3.05, 3.63) is 55.3 Å². The highest BCUT2D eigenvalue weighted by molar-refractivity contribution is 6.35. The van der Waals surface area contributed by atoms with Gasteiger partial charge in [0.05, 0.1) is 5.56 Å². The predicted molar refractivity (Wildman–Crippen MR) is 79.5 cm³/mol. The maximum absolute atomic E-state index is 12.5. The van der Waals surface area contributed by atoms with Gasteiger partial charge in [0.1, 0.15) is 5.15 Å². The van der Waals surface area contributed by atoms with Crippen LogP contribution in [0.25, 0.3) is 11.1 Å². The highest BCUT2D eigenvalue weighted by Gasteiger charge is 2.25. The van der Waals surface area contributed by atoms with Gasteiger partial charge in [-0.15, -0.1) is 0 Å². The van der Waals surface area contributed by atoms with Crippen molar-refractivity contribution in [1.82, 2.24) is 9.55 Å². The Morgan fingerprint density at radius 1 is 1.20 bits per heavy atom. The van der Waals surface area contributed by atoms with Crippen LogP contribution in [-0.4, -0.2) is 9.55 Å². The number of hydrogen-bond acceptors (Lipinski definition) is 2. The molecule has 0 aliphatic heterocycles. The van der Waals surface area contributed by atoms with Gasteiger partial charge in [0.2, 0.25) is 0 Å². The summed E-state index contributed by atoms with van der Waals surface area (Å²) >= 11 is 12.2. The van der Waals surface area contributed by atoms with E-state index in [9.17, 15) is 9.59 Å². The third kappa shape index (κ3) is 2.41. The smallest absolute Gasteiger partial charge is 0.297 e. The number of nitrogens with one attached hydrogen (secondary N) is 1. The summed E-state index contributed by atoms with van der Waals surface area (Å²) in [4.78, 5) is 26.9. The summed E-state index contributed by atoms with van der Waals surface area (Å²) in [6, 6.07) is 6.94. The number of rotatable bonds is 3. The van der Waals surface area contributed by atoms with E-state index in [0.29, 0.717) is 23.0 Å². The Morgan fingerprint density at radius 2 is 1.90 bits per heavy atom. The molecule has 1 aromatic heterocycles. The second-order valence-corrected chi connectivity index (χ2v) is 5.74. The Balaban J connectivity index is 2.22. The minimum Gasteiger partial charge on any atom is -0.297 e. The van der Waals surface area contributed by atoms with Gasteiger partial charge in [0.15, 0.2) is 0 Å². The second kappa shape index (κ2) is 5.11. The van der Waals surface area contributed by atoms with Crippen LogP contribution in [0.4, 0.5) is 0 Å². The van der Waals surface area contributed by atoms with Crippen molar-refractivity contribution in [2.75, 3.05) is 0 Å². The van der Waals surface area contributed by atoms with E-state index in [1.807, 2.05) is 0 Å². The fraction of sp³-hybridized carbons (Fsp3) is 0.286. The van der Waals surface area contributed by atoms with Crippen molar-refractivity contribution in [1.29, 1.82) is 0 Å². The van der Waals surface area contributed by atoms with Crippen LogP contribution in [0.15, 0.2) is 33.9 Å². The zero-order valence-electron chi connectivity index (χ0n) is 10.5. The van der Waals surface area contributed by atoms with Crippen LogP contribution in [0.3, 0.4) is 0 Å². The third-order valence-electron chi connectivity index (χ3n) is 3.42. The molecule has 0 atom stereocenters. The van der Waals surface area contributed by atoms with Gasteiger partial charge in [0, 0.05) is 17.1 Å². The molecule has 0 radical (unpaired) electrons. The second-order valence-electron chi connectivity index (χ2n) is 4.96. The lowest BCUT2D eigenvalue weighted by Crippen LogP contribution is -2.36. The lowest BCUT2D eigenvalue weighted by molar-refractivity contribution is 0.576. The Morgan fingerprint density at radius 3 is 2.55 bits per heavy atom. The summed E-state index contributed by atoms with van der Waals surface area (Å²) < 4.78 is 1.21. The normalized spacial score (nSPS) is 14.5. The Labute approximate surface area is 125 Å². The molecule has 0 bridgehead atoms. The number of hydrogen-bond donors (Lipinski definition) is 1. The van der Waals surface area contributed by atoms with E-state index in [4.69, 9.17) is 23.2 Å². The van der Waals surface area contributed by atoms with Crippen LogP contribution in [0.2, 0.25) is 10.2 Å². The van der Waals surface area contributed by atoms with Crippen LogP contribution >= 0.6 is 23.2 Å². The molecular formula is C14H12Cl2N2O2. The van der Waals surface area contributed by atoms with Gasteiger partial charge in [-0.25, -0.2) is 4.79 Å². The SMILES string of the molecule is O=c1[nH]c(Cl)c(-c2ccccc2Cl)c(=O)n1CC1CC1. The van der Waals surface area contributed by atoms with Crippen LogP contribution < -0.4 is 11.2 Å². The topological polar surface area (TPSA) is 54.9 Å². The summed E-state index contributed by atoms with van der Waals surface area (Å²) in [5, 5.41) is 0.455. The minimum atomic E-state index is -0.470. The van der Waals surface area contributed by atoms with Gasteiger partial charge in [-0.05, 0) is 24.8 Å². The molecule has 4 nitrogen and oxygen atoms in total. The minimum absolute atomic E-state index is 0.0279. The quantitative estimate of drug-likeness (QED) is 0.886. The maximum Gasteiger partial charge on any atom is 0.329 e. The molecule has 6 heteroatoms. The van der Waals surface area contributed by atoms with Crippen molar-refractivity contribution in [2.45, 2.75) is 19.4 Å². The van der Waals surface area contributed by atoms with E-state index in [1.165, 1.54) is 4.57 Å². The van der Waals surface area contributed by atoms with E-state index < -0.39 is 11.2 Å². The Bertz CT molecular complexity index is 775. The number of nitrogens with zero attached hydrogens (tertiary/aromatic N) is 1. The highest BCUT2D eigenvalue weighted by Crippen LogP contribution is 2.31. The van der Waals surface area contributed by atoms with Crippen molar-refractivity contribution in [3.8, 4) is 11.1 Å². The van der Waals surface area contributed by atoms with Crippen LogP contribution in [0, 0.1) is 5.92 Å². The monoisotopic (exact) mass is 310 g/mol. The molecule has 0 unspecified atom stereocenters. The van der Waals surface area contributed by atoms with Gasteiger partial charge in [-0.2, -0.15) is 0 Å². The van der Waals surface area contributed by atoms with Crippen molar-refractivity contribution in [2.24, 2.45) is 5.92 Å². The average molecular weight is 311 g/mol. The lowest BCUT2D eigenvalue weighted by atomic mass is 10.1. The molecule has 104 valence electrons. The lowest BCUT2D eigenvalue weighted by Gasteiger charge is -2.09. The van der Waals surface area contributed by atoms with Crippen LogP contribution in [0.5, 0.6) is 0 Å². The summed E-state index contributed by atoms with van der Waals surface area (Å²) in [6.07, 6.45) is 2.10. The van der Waals surface area contributed by atoms with Gasteiger partial charge in [-0.1, -0.05) is 41.4 Å². The van der Waals surface area contributed by atoms with E-state index in [0.717, 1.165) is 12.8 Å². The molecular weight excluding hydrogens is 299 g/mol. The maximum atomic E-state index is 12.5. The van der Waals surface area contributed by atoms with E-state index in [1.54, 1.807) is 24.3 Å². The largest absolute Gasteiger partial charge is 0.329 e. The number of halogens is 2. The molecule has 1 heterocycles.